The molecule has 0 aliphatic carbocycles. The second-order valence-corrected chi connectivity index (χ2v) is 6.05. The fourth-order valence-electron chi connectivity index (χ4n) is 2.62. The van der Waals surface area contributed by atoms with Crippen LogP contribution in [-0.2, 0) is 14.3 Å². The van der Waals surface area contributed by atoms with Crippen LogP contribution in [0, 0.1) is 0 Å². The first-order valence-corrected chi connectivity index (χ1v) is 8.92. The lowest BCUT2D eigenvalue weighted by atomic mass is 10.2. The molecule has 9 nitrogen and oxygen atoms in total. The highest BCUT2D eigenvalue weighted by Crippen LogP contribution is 2.32. The smallest absolute Gasteiger partial charge is 0.328 e. The number of nitrogens with zero attached hydrogens (tertiary/aromatic N) is 1. The zero-order valence-electron chi connectivity index (χ0n) is 15.5. The van der Waals surface area contributed by atoms with E-state index in [1.165, 1.54) is 12.0 Å². The summed E-state index contributed by atoms with van der Waals surface area (Å²) in [7, 11) is 1.49. The zero-order valence-corrected chi connectivity index (χ0v) is 15.5. The molecule has 1 aliphatic heterocycles. The van der Waals surface area contributed by atoms with Crippen molar-refractivity contribution in [3.8, 4) is 5.75 Å². The van der Waals surface area contributed by atoms with E-state index in [-0.39, 0.29) is 24.8 Å². The van der Waals surface area contributed by atoms with Gasteiger partial charge in [-0.3, -0.25) is 19.8 Å². The number of hydrogen-bond acceptors (Lipinski definition) is 6. The molecule has 1 fully saturated rings. The fourth-order valence-corrected chi connectivity index (χ4v) is 2.62. The van der Waals surface area contributed by atoms with Crippen molar-refractivity contribution in [2.75, 3.05) is 43.6 Å². The topological polar surface area (TPSA) is 123 Å². The molecule has 0 radical (unpaired) electrons. The number of carbonyl (C=O) groups is 3. The van der Waals surface area contributed by atoms with Crippen molar-refractivity contribution in [3.05, 3.63) is 18.2 Å². The van der Waals surface area contributed by atoms with Gasteiger partial charge in [0.15, 0.2) is 0 Å². The van der Waals surface area contributed by atoms with Crippen molar-refractivity contribution in [2.45, 2.75) is 25.7 Å². The van der Waals surface area contributed by atoms with Crippen LogP contribution in [0.2, 0.25) is 0 Å². The number of urea groups is 1. The Morgan fingerprint density at radius 3 is 2.78 bits per heavy atom. The average molecular weight is 378 g/mol. The Bertz CT molecular complexity index is 680. The number of imide groups is 1. The summed E-state index contributed by atoms with van der Waals surface area (Å²) in [6.45, 7) is 1.94. The Kier molecular flexibility index (Phi) is 8.02. The highest BCUT2D eigenvalue weighted by Gasteiger charge is 2.26. The molecule has 1 aromatic carbocycles. The minimum atomic E-state index is -0.511. The standard InChI is InChI=1S/C18H26N4O5/c1-26-15-6-5-13(20-16(23)4-2-10-27-11-3-8-19)12-14(15)22-9-7-17(24)21-18(22)25/h5-6,12H,2-4,7-11,19H2,1H3,(H,20,23)(H,21,24,25). The Balaban J connectivity index is 1.95. The van der Waals surface area contributed by atoms with Crippen LogP contribution < -0.4 is 26.0 Å². The molecule has 1 heterocycles. The minimum absolute atomic E-state index is 0.146. The SMILES string of the molecule is COc1ccc(NC(=O)CCCOCCCN)cc1N1CCC(=O)NC1=O. The van der Waals surface area contributed by atoms with E-state index in [4.69, 9.17) is 15.2 Å². The molecule has 9 heteroatoms. The van der Waals surface area contributed by atoms with Crippen LogP contribution in [0.3, 0.4) is 0 Å². The molecule has 0 spiro atoms. The first-order valence-electron chi connectivity index (χ1n) is 8.92. The predicted octanol–water partition coefficient (Wildman–Crippen LogP) is 1.23. The van der Waals surface area contributed by atoms with E-state index in [9.17, 15) is 14.4 Å². The summed E-state index contributed by atoms with van der Waals surface area (Å²) in [4.78, 5) is 36.9. The maximum absolute atomic E-state index is 12.1. The van der Waals surface area contributed by atoms with E-state index >= 15 is 0 Å². The molecule has 4 amide bonds. The molecule has 0 bridgehead atoms. The Morgan fingerprint density at radius 1 is 1.30 bits per heavy atom. The number of nitrogens with two attached hydrogens (primary N) is 1. The maximum atomic E-state index is 12.1. The number of carbonyl (C=O) groups excluding carboxylic acids is 3. The first-order chi connectivity index (χ1) is 13.0. The third kappa shape index (κ3) is 6.22. The minimum Gasteiger partial charge on any atom is -0.495 e. The van der Waals surface area contributed by atoms with Gasteiger partial charge >= 0.3 is 6.03 Å². The number of nitrogens with one attached hydrogen (secondary N) is 2. The van der Waals surface area contributed by atoms with Crippen LogP contribution in [0.4, 0.5) is 16.2 Å². The van der Waals surface area contributed by atoms with Gasteiger partial charge in [-0.2, -0.15) is 0 Å². The first kappa shape index (κ1) is 20.7. The van der Waals surface area contributed by atoms with E-state index < -0.39 is 6.03 Å². The van der Waals surface area contributed by atoms with Gasteiger partial charge in [0.25, 0.3) is 0 Å². The average Bonchev–Trinajstić information content (AvgIpc) is 2.64. The maximum Gasteiger partial charge on any atom is 0.328 e. The summed E-state index contributed by atoms with van der Waals surface area (Å²) in [5, 5.41) is 5.07. The van der Waals surface area contributed by atoms with Crippen molar-refractivity contribution >= 4 is 29.2 Å². The molecule has 1 aromatic rings. The van der Waals surface area contributed by atoms with Gasteiger partial charge in [0.05, 0.1) is 12.8 Å². The number of amides is 4. The van der Waals surface area contributed by atoms with Crippen LogP contribution in [0.5, 0.6) is 5.75 Å². The highest BCUT2D eigenvalue weighted by atomic mass is 16.5. The quantitative estimate of drug-likeness (QED) is 0.526. The van der Waals surface area contributed by atoms with Crippen molar-refractivity contribution in [3.63, 3.8) is 0 Å². The van der Waals surface area contributed by atoms with Gasteiger partial charge in [-0.05, 0) is 37.6 Å². The number of ether oxygens (including phenoxy) is 2. The number of methoxy groups -OCH3 is 1. The lowest BCUT2D eigenvalue weighted by Crippen LogP contribution is -2.49. The summed E-state index contributed by atoms with van der Waals surface area (Å²) in [5.41, 5.74) is 6.42. The summed E-state index contributed by atoms with van der Waals surface area (Å²) in [6.07, 6.45) is 1.94. The summed E-state index contributed by atoms with van der Waals surface area (Å²) in [5.74, 6) is 0.0194. The number of anilines is 2. The Hall–Kier alpha value is -2.65. The van der Waals surface area contributed by atoms with Crippen LogP contribution in [0.1, 0.15) is 25.7 Å². The third-order valence-corrected chi connectivity index (χ3v) is 3.99. The van der Waals surface area contributed by atoms with Crippen molar-refractivity contribution in [1.29, 1.82) is 0 Å². The molecule has 27 heavy (non-hydrogen) atoms. The van der Waals surface area contributed by atoms with E-state index in [0.717, 1.165) is 6.42 Å². The number of hydrogen-bond donors (Lipinski definition) is 3. The Labute approximate surface area is 158 Å². The predicted molar refractivity (Wildman–Crippen MR) is 101 cm³/mol. The molecule has 0 unspecified atom stereocenters. The lowest BCUT2D eigenvalue weighted by Gasteiger charge is -2.28. The summed E-state index contributed by atoms with van der Waals surface area (Å²) < 4.78 is 10.7. The van der Waals surface area contributed by atoms with Gasteiger partial charge in [-0.15, -0.1) is 0 Å². The zero-order chi connectivity index (χ0) is 19.6. The van der Waals surface area contributed by atoms with Crippen LogP contribution in [-0.4, -0.2) is 51.3 Å². The molecule has 4 N–H and O–H groups in total. The molecule has 0 saturated carbocycles. The number of benzene rings is 1. The van der Waals surface area contributed by atoms with Crippen LogP contribution in [0.15, 0.2) is 18.2 Å². The Morgan fingerprint density at radius 2 is 2.07 bits per heavy atom. The molecule has 0 atom stereocenters. The molecule has 148 valence electrons. The van der Waals surface area contributed by atoms with Crippen molar-refractivity contribution in [2.24, 2.45) is 5.73 Å². The highest BCUT2D eigenvalue weighted by molar-refractivity contribution is 6.06. The molecular formula is C18H26N4O5. The van der Waals surface area contributed by atoms with Gasteiger partial charge in [0, 0.05) is 38.3 Å². The van der Waals surface area contributed by atoms with Gasteiger partial charge in [0.1, 0.15) is 5.75 Å². The van der Waals surface area contributed by atoms with Gasteiger partial charge in [-0.1, -0.05) is 0 Å². The molecule has 1 saturated heterocycles. The second-order valence-electron chi connectivity index (χ2n) is 6.05. The van der Waals surface area contributed by atoms with Crippen LogP contribution in [0.25, 0.3) is 0 Å². The van der Waals surface area contributed by atoms with Gasteiger partial charge in [0.2, 0.25) is 11.8 Å². The summed E-state index contributed by atoms with van der Waals surface area (Å²) in [6, 6.07) is 4.52. The van der Waals surface area contributed by atoms with Crippen molar-refractivity contribution < 1.29 is 23.9 Å². The molecule has 2 rings (SSSR count). The monoisotopic (exact) mass is 378 g/mol. The largest absolute Gasteiger partial charge is 0.495 e. The normalized spacial score (nSPS) is 14.1. The number of rotatable bonds is 10. The van der Waals surface area contributed by atoms with E-state index in [1.54, 1.807) is 18.2 Å². The van der Waals surface area contributed by atoms with E-state index in [1.807, 2.05) is 0 Å². The van der Waals surface area contributed by atoms with Gasteiger partial charge < -0.3 is 20.5 Å². The molecule has 1 aliphatic rings. The van der Waals surface area contributed by atoms with Crippen molar-refractivity contribution in [1.82, 2.24) is 5.32 Å². The van der Waals surface area contributed by atoms with Gasteiger partial charge in [-0.25, -0.2) is 4.79 Å². The fraction of sp³-hybridized carbons (Fsp3) is 0.500. The lowest BCUT2D eigenvalue weighted by molar-refractivity contribution is -0.120. The molecular weight excluding hydrogens is 352 g/mol. The van der Waals surface area contributed by atoms with Crippen LogP contribution >= 0.6 is 0 Å². The second kappa shape index (κ2) is 10.5. The third-order valence-electron chi connectivity index (χ3n) is 3.99. The summed E-state index contributed by atoms with van der Waals surface area (Å²) >= 11 is 0. The van der Waals surface area contributed by atoms with E-state index in [0.29, 0.717) is 49.7 Å². The van der Waals surface area contributed by atoms with E-state index in [2.05, 4.69) is 10.6 Å². The molecule has 0 aromatic heterocycles.